The first-order valence-electron chi connectivity index (χ1n) is 10.9. The molecular formula is C30H25NS. The second kappa shape index (κ2) is 8.86. The molecule has 0 N–H and O–H groups in total. The molecule has 0 fully saturated rings. The van der Waals surface area contributed by atoms with Gasteiger partial charge in [0.25, 0.3) is 0 Å². The Bertz CT molecular complexity index is 1300. The van der Waals surface area contributed by atoms with Gasteiger partial charge in [-0.05, 0) is 79.1 Å². The minimum absolute atomic E-state index is 1.15. The van der Waals surface area contributed by atoms with Gasteiger partial charge in [0, 0.05) is 26.8 Å². The van der Waals surface area contributed by atoms with Crippen LogP contribution in [-0.2, 0) is 0 Å². The summed E-state index contributed by atoms with van der Waals surface area (Å²) in [5.74, 6) is 0. The smallest absolute Gasteiger partial charge is 0.0462 e. The van der Waals surface area contributed by atoms with Gasteiger partial charge in [-0.15, -0.1) is 11.3 Å². The molecule has 0 aliphatic carbocycles. The summed E-state index contributed by atoms with van der Waals surface area (Å²) >= 11 is 1.83. The van der Waals surface area contributed by atoms with E-state index >= 15 is 0 Å². The zero-order valence-corrected chi connectivity index (χ0v) is 19.1. The van der Waals surface area contributed by atoms with Gasteiger partial charge in [0.15, 0.2) is 0 Å². The van der Waals surface area contributed by atoms with Gasteiger partial charge in [0.05, 0.1) is 0 Å². The highest BCUT2D eigenvalue weighted by molar-refractivity contribution is 7.15. The van der Waals surface area contributed by atoms with Gasteiger partial charge < -0.3 is 4.90 Å². The van der Waals surface area contributed by atoms with Crippen molar-refractivity contribution in [3.63, 3.8) is 0 Å². The van der Waals surface area contributed by atoms with E-state index in [0.29, 0.717) is 0 Å². The Kier molecular flexibility index (Phi) is 5.62. The molecule has 5 aromatic rings. The molecule has 0 atom stereocenters. The van der Waals surface area contributed by atoms with E-state index in [0.717, 1.165) is 17.1 Å². The third-order valence-electron chi connectivity index (χ3n) is 5.68. The molecule has 1 heterocycles. The molecule has 32 heavy (non-hydrogen) atoms. The van der Waals surface area contributed by atoms with Gasteiger partial charge in [-0.3, -0.25) is 0 Å². The average Bonchev–Trinajstić information content (AvgIpc) is 3.28. The maximum Gasteiger partial charge on any atom is 0.0462 e. The van der Waals surface area contributed by atoms with Gasteiger partial charge in [-0.25, -0.2) is 0 Å². The average molecular weight is 432 g/mol. The number of para-hydroxylation sites is 1. The third kappa shape index (κ3) is 4.23. The fourth-order valence-electron chi connectivity index (χ4n) is 3.94. The number of thiophene rings is 1. The Morgan fingerprint density at radius 1 is 0.469 bits per heavy atom. The lowest BCUT2D eigenvalue weighted by molar-refractivity contribution is 1.28. The van der Waals surface area contributed by atoms with Crippen LogP contribution in [0.3, 0.4) is 0 Å². The lowest BCUT2D eigenvalue weighted by Gasteiger charge is -2.26. The lowest BCUT2D eigenvalue weighted by Crippen LogP contribution is -2.09. The van der Waals surface area contributed by atoms with E-state index in [1.165, 1.54) is 32.0 Å². The molecule has 0 bridgehead atoms. The standard InChI is InChI=1S/C30H25NS/c1-22-8-11-24(12-9-22)25-13-17-28(18-14-25)31(27-6-4-3-5-7-27)29-19-15-26(16-20-29)30-21-10-23(2)32-30/h3-21H,1-2H3. The number of rotatable bonds is 5. The highest BCUT2D eigenvalue weighted by Gasteiger charge is 2.13. The molecule has 0 spiro atoms. The van der Waals surface area contributed by atoms with Crippen molar-refractivity contribution < 1.29 is 0 Å². The van der Waals surface area contributed by atoms with E-state index in [2.05, 4.69) is 134 Å². The van der Waals surface area contributed by atoms with E-state index in [1.54, 1.807) is 0 Å². The van der Waals surface area contributed by atoms with Crippen LogP contribution in [0.4, 0.5) is 17.1 Å². The first-order chi connectivity index (χ1) is 15.7. The van der Waals surface area contributed by atoms with E-state index in [-0.39, 0.29) is 0 Å². The van der Waals surface area contributed by atoms with Crippen molar-refractivity contribution in [3.8, 4) is 21.6 Å². The van der Waals surface area contributed by atoms with Crippen molar-refractivity contribution in [1.29, 1.82) is 0 Å². The molecule has 5 rings (SSSR count). The zero-order chi connectivity index (χ0) is 21.9. The van der Waals surface area contributed by atoms with E-state index < -0.39 is 0 Å². The van der Waals surface area contributed by atoms with Crippen molar-refractivity contribution in [2.24, 2.45) is 0 Å². The van der Waals surface area contributed by atoms with Gasteiger partial charge in [-0.2, -0.15) is 0 Å². The zero-order valence-electron chi connectivity index (χ0n) is 18.3. The minimum atomic E-state index is 1.15. The summed E-state index contributed by atoms with van der Waals surface area (Å²) in [6.45, 7) is 4.27. The number of anilines is 3. The molecular weight excluding hydrogens is 406 g/mol. The van der Waals surface area contributed by atoms with Crippen LogP contribution < -0.4 is 4.90 Å². The maximum absolute atomic E-state index is 2.31. The summed E-state index contributed by atoms with van der Waals surface area (Å²) in [4.78, 5) is 4.95. The number of hydrogen-bond donors (Lipinski definition) is 0. The van der Waals surface area contributed by atoms with Gasteiger partial charge in [-0.1, -0.05) is 72.3 Å². The van der Waals surface area contributed by atoms with Crippen LogP contribution in [0.5, 0.6) is 0 Å². The van der Waals surface area contributed by atoms with Crippen molar-refractivity contribution in [2.75, 3.05) is 4.90 Å². The van der Waals surface area contributed by atoms with Crippen molar-refractivity contribution in [3.05, 3.63) is 126 Å². The number of benzene rings is 4. The molecule has 2 heteroatoms. The molecule has 0 saturated carbocycles. The molecule has 0 unspecified atom stereocenters. The highest BCUT2D eigenvalue weighted by atomic mass is 32.1. The van der Waals surface area contributed by atoms with Gasteiger partial charge >= 0.3 is 0 Å². The van der Waals surface area contributed by atoms with Crippen LogP contribution in [0.25, 0.3) is 21.6 Å². The Hall–Kier alpha value is -3.62. The summed E-state index contributed by atoms with van der Waals surface area (Å²) in [7, 11) is 0. The highest BCUT2D eigenvalue weighted by Crippen LogP contribution is 2.37. The second-order valence-corrected chi connectivity index (χ2v) is 9.33. The molecule has 0 aliphatic heterocycles. The molecule has 0 amide bonds. The fraction of sp³-hybridized carbons (Fsp3) is 0.0667. The Labute approximate surface area is 194 Å². The van der Waals surface area contributed by atoms with Gasteiger partial charge in [0.1, 0.15) is 0 Å². The van der Waals surface area contributed by atoms with Crippen LogP contribution in [-0.4, -0.2) is 0 Å². The first kappa shape index (κ1) is 20.3. The Morgan fingerprint density at radius 2 is 0.969 bits per heavy atom. The van der Waals surface area contributed by atoms with Crippen molar-refractivity contribution in [1.82, 2.24) is 0 Å². The summed E-state index contributed by atoms with van der Waals surface area (Å²) in [6.07, 6.45) is 0. The van der Waals surface area contributed by atoms with Gasteiger partial charge in [0.2, 0.25) is 0 Å². The lowest BCUT2D eigenvalue weighted by atomic mass is 10.0. The molecule has 1 aromatic heterocycles. The largest absolute Gasteiger partial charge is 0.311 e. The predicted octanol–water partition coefficient (Wildman–Crippen LogP) is 9.17. The molecule has 0 radical (unpaired) electrons. The summed E-state index contributed by atoms with van der Waals surface area (Å²) < 4.78 is 0. The van der Waals surface area contributed by atoms with Crippen LogP contribution in [0.15, 0.2) is 115 Å². The first-order valence-corrected chi connectivity index (χ1v) is 11.7. The third-order valence-corrected chi connectivity index (χ3v) is 6.72. The number of aryl methyl sites for hydroxylation is 2. The normalized spacial score (nSPS) is 10.8. The Balaban J connectivity index is 1.51. The predicted molar refractivity (Wildman–Crippen MR) is 139 cm³/mol. The summed E-state index contributed by atoms with van der Waals surface area (Å²) in [5.41, 5.74) is 8.45. The van der Waals surface area contributed by atoms with E-state index in [9.17, 15) is 0 Å². The van der Waals surface area contributed by atoms with Crippen molar-refractivity contribution in [2.45, 2.75) is 13.8 Å². The van der Waals surface area contributed by atoms with Crippen LogP contribution in [0, 0.1) is 13.8 Å². The number of nitrogens with zero attached hydrogens (tertiary/aromatic N) is 1. The summed E-state index contributed by atoms with van der Waals surface area (Å²) in [5, 5.41) is 0. The minimum Gasteiger partial charge on any atom is -0.311 e. The van der Waals surface area contributed by atoms with Crippen molar-refractivity contribution >= 4 is 28.4 Å². The van der Waals surface area contributed by atoms with Crippen LogP contribution in [0.1, 0.15) is 10.4 Å². The maximum atomic E-state index is 2.31. The van der Waals surface area contributed by atoms with Crippen LogP contribution in [0.2, 0.25) is 0 Å². The number of hydrogen-bond acceptors (Lipinski definition) is 2. The summed E-state index contributed by atoms with van der Waals surface area (Å²) in [6, 6.07) is 41.3. The Morgan fingerprint density at radius 3 is 1.50 bits per heavy atom. The monoisotopic (exact) mass is 431 g/mol. The molecule has 156 valence electrons. The quantitative estimate of drug-likeness (QED) is 0.268. The second-order valence-electron chi connectivity index (χ2n) is 8.04. The topological polar surface area (TPSA) is 3.24 Å². The SMILES string of the molecule is Cc1ccc(-c2ccc(N(c3ccccc3)c3ccc(-c4ccc(C)s4)cc3)cc2)cc1. The van der Waals surface area contributed by atoms with E-state index in [1.807, 2.05) is 11.3 Å². The molecule has 1 nitrogen and oxygen atoms in total. The van der Waals surface area contributed by atoms with Crippen LogP contribution >= 0.6 is 11.3 Å². The molecule has 4 aromatic carbocycles. The molecule has 0 aliphatic rings. The molecule has 0 saturated heterocycles. The van der Waals surface area contributed by atoms with E-state index in [4.69, 9.17) is 0 Å². The fourth-order valence-corrected chi connectivity index (χ4v) is 4.81.